The van der Waals surface area contributed by atoms with Gasteiger partial charge in [0.05, 0.1) is 0 Å². The van der Waals surface area contributed by atoms with Gasteiger partial charge in [0.2, 0.25) is 5.91 Å². The van der Waals surface area contributed by atoms with E-state index in [4.69, 9.17) is 0 Å². The highest BCUT2D eigenvalue weighted by Gasteiger charge is 2.03. The van der Waals surface area contributed by atoms with E-state index in [1.165, 1.54) is 5.56 Å². The zero-order chi connectivity index (χ0) is 14.5. The summed E-state index contributed by atoms with van der Waals surface area (Å²) in [5.74, 6) is 1.03. The van der Waals surface area contributed by atoms with Gasteiger partial charge < -0.3 is 10.6 Å². The number of rotatable bonds is 4. The van der Waals surface area contributed by atoms with Crippen LogP contribution in [-0.4, -0.2) is 16.1 Å². The molecule has 20 heavy (non-hydrogen) atoms. The number of carbonyl (C=O) groups is 1. The van der Waals surface area contributed by atoms with E-state index in [0.29, 0.717) is 18.1 Å². The van der Waals surface area contributed by atoms with Gasteiger partial charge in [-0.15, -0.1) is 10.2 Å². The van der Waals surface area contributed by atoms with Crippen molar-refractivity contribution in [1.29, 1.82) is 0 Å². The van der Waals surface area contributed by atoms with E-state index in [-0.39, 0.29) is 5.91 Å². The van der Waals surface area contributed by atoms with Gasteiger partial charge in [0.1, 0.15) is 0 Å². The minimum absolute atomic E-state index is 0.0745. The first kappa shape index (κ1) is 14.0. The quantitative estimate of drug-likeness (QED) is 0.895. The second-order valence-corrected chi connectivity index (χ2v) is 4.65. The van der Waals surface area contributed by atoms with E-state index in [9.17, 15) is 4.79 Å². The number of aryl methyl sites for hydroxylation is 2. The maximum atomic E-state index is 11.2. The van der Waals surface area contributed by atoms with Gasteiger partial charge in [-0.25, -0.2) is 0 Å². The van der Waals surface area contributed by atoms with Gasteiger partial charge in [0, 0.05) is 12.1 Å². The predicted molar refractivity (Wildman–Crippen MR) is 80.2 cm³/mol. The molecule has 0 radical (unpaired) electrons. The first-order valence-electron chi connectivity index (χ1n) is 6.56. The number of hydrogen-bond donors (Lipinski definition) is 2. The Balaban J connectivity index is 2.10. The third-order valence-corrected chi connectivity index (χ3v) is 2.91. The second kappa shape index (κ2) is 6.14. The van der Waals surface area contributed by atoms with Crippen molar-refractivity contribution in [2.45, 2.75) is 27.2 Å². The summed E-state index contributed by atoms with van der Waals surface area (Å²) >= 11 is 0. The summed E-state index contributed by atoms with van der Waals surface area (Å²) in [6.07, 6.45) is 0.421. The van der Waals surface area contributed by atoms with Crippen LogP contribution in [0.5, 0.6) is 0 Å². The molecule has 1 amide bonds. The molecule has 0 spiro atoms. The summed E-state index contributed by atoms with van der Waals surface area (Å²) in [7, 11) is 0. The van der Waals surface area contributed by atoms with Gasteiger partial charge in [-0.2, -0.15) is 0 Å². The first-order valence-corrected chi connectivity index (χ1v) is 6.56. The van der Waals surface area contributed by atoms with Gasteiger partial charge in [0.15, 0.2) is 11.6 Å². The molecule has 5 nitrogen and oxygen atoms in total. The van der Waals surface area contributed by atoms with Gasteiger partial charge >= 0.3 is 0 Å². The van der Waals surface area contributed by atoms with Crippen LogP contribution < -0.4 is 10.6 Å². The standard InChI is InChI=1S/C15H18N4O/c1-4-15(20)17-14-8-7-13(18-19-14)16-12-9-10(2)5-6-11(12)3/h5-9H,4H2,1-3H3,(H,16,18)(H,17,19,20). The highest BCUT2D eigenvalue weighted by molar-refractivity contribution is 5.89. The fraction of sp³-hybridized carbons (Fsp3) is 0.267. The highest BCUT2D eigenvalue weighted by atomic mass is 16.1. The van der Waals surface area contributed by atoms with Crippen LogP contribution in [0.4, 0.5) is 17.3 Å². The van der Waals surface area contributed by atoms with Crippen LogP contribution in [0.3, 0.4) is 0 Å². The molecule has 0 bridgehead atoms. The van der Waals surface area contributed by atoms with Gasteiger partial charge in [-0.3, -0.25) is 4.79 Å². The van der Waals surface area contributed by atoms with Gasteiger partial charge in [0.25, 0.3) is 0 Å². The summed E-state index contributed by atoms with van der Waals surface area (Å²) in [4.78, 5) is 11.2. The van der Waals surface area contributed by atoms with Crippen LogP contribution in [0.25, 0.3) is 0 Å². The molecule has 1 aromatic carbocycles. The highest BCUT2D eigenvalue weighted by Crippen LogP contribution is 2.20. The monoisotopic (exact) mass is 270 g/mol. The zero-order valence-electron chi connectivity index (χ0n) is 11.9. The Morgan fingerprint density at radius 2 is 1.80 bits per heavy atom. The van der Waals surface area contributed by atoms with Crippen LogP contribution in [0.15, 0.2) is 30.3 Å². The number of nitrogens with one attached hydrogen (secondary N) is 2. The van der Waals surface area contributed by atoms with Crippen molar-refractivity contribution in [2.24, 2.45) is 0 Å². The van der Waals surface area contributed by atoms with Crippen LogP contribution in [0.1, 0.15) is 24.5 Å². The number of carbonyl (C=O) groups excluding carboxylic acids is 1. The Labute approximate surface area is 118 Å². The molecule has 0 aliphatic carbocycles. The van der Waals surface area contributed by atoms with Crippen molar-refractivity contribution >= 4 is 23.2 Å². The van der Waals surface area contributed by atoms with E-state index in [0.717, 1.165) is 11.3 Å². The van der Waals surface area contributed by atoms with Crippen molar-refractivity contribution in [3.05, 3.63) is 41.5 Å². The molecular weight excluding hydrogens is 252 g/mol. The Hall–Kier alpha value is -2.43. The first-order chi connectivity index (χ1) is 9.58. The smallest absolute Gasteiger partial charge is 0.225 e. The average Bonchev–Trinajstić information content (AvgIpc) is 2.45. The molecule has 0 saturated carbocycles. The third-order valence-electron chi connectivity index (χ3n) is 2.91. The average molecular weight is 270 g/mol. The zero-order valence-corrected chi connectivity index (χ0v) is 11.9. The minimum Gasteiger partial charge on any atom is -0.339 e. The fourth-order valence-electron chi connectivity index (χ4n) is 1.71. The number of anilines is 3. The lowest BCUT2D eigenvalue weighted by atomic mass is 10.1. The Bertz CT molecular complexity index is 608. The van der Waals surface area contributed by atoms with E-state index < -0.39 is 0 Å². The lowest BCUT2D eigenvalue weighted by molar-refractivity contribution is -0.115. The number of amides is 1. The molecule has 1 heterocycles. The van der Waals surface area contributed by atoms with E-state index >= 15 is 0 Å². The van der Waals surface area contributed by atoms with Crippen molar-refractivity contribution in [2.75, 3.05) is 10.6 Å². The number of benzene rings is 1. The van der Waals surface area contributed by atoms with Crippen LogP contribution in [0, 0.1) is 13.8 Å². The van der Waals surface area contributed by atoms with Gasteiger partial charge in [-0.05, 0) is 43.2 Å². The van der Waals surface area contributed by atoms with E-state index in [1.807, 2.05) is 13.8 Å². The van der Waals surface area contributed by atoms with Crippen LogP contribution in [0.2, 0.25) is 0 Å². The molecule has 0 aliphatic heterocycles. The van der Waals surface area contributed by atoms with Gasteiger partial charge in [-0.1, -0.05) is 19.1 Å². The largest absolute Gasteiger partial charge is 0.339 e. The molecular formula is C15H18N4O. The lowest BCUT2D eigenvalue weighted by Crippen LogP contribution is -2.11. The predicted octanol–water partition coefficient (Wildman–Crippen LogP) is 3.19. The summed E-state index contributed by atoms with van der Waals surface area (Å²) in [6, 6.07) is 9.70. The molecule has 5 heteroatoms. The van der Waals surface area contributed by atoms with Crippen LogP contribution in [-0.2, 0) is 4.79 Å². The molecule has 0 fully saturated rings. The number of nitrogens with zero attached hydrogens (tertiary/aromatic N) is 2. The summed E-state index contributed by atoms with van der Waals surface area (Å²) < 4.78 is 0. The molecule has 1 aromatic heterocycles. The van der Waals surface area contributed by atoms with Crippen molar-refractivity contribution in [3.8, 4) is 0 Å². The Morgan fingerprint density at radius 3 is 2.45 bits per heavy atom. The number of aromatic nitrogens is 2. The Morgan fingerprint density at radius 1 is 1.10 bits per heavy atom. The van der Waals surface area contributed by atoms with Crippen LogP contribution >= 0.6 is 0 Å². The normalized spacial score (nSPS) is 10.2. The van der Waals surface area contributed by atoms with Crippen molar-refractivity contribution in [3.63, 3.8) is 0 Å². The van der Waals surface area contributed by atoms with Crippen molar-refractivity contribution in [1.82, 2.24) is 10.2 Å². The van der Waals surface area contributed by atoms with E-state index in [1.54, 1.807) is 19.1 Å². The summed E-state index contributed by atoms with van der Waals surface area (Å²) in [5.41, 5.74) is 3.32. The molecule has 2 rings (SSSR count). The lowest BCUT2D eigenvalue weighted by Gasteiger charge is -2.09. The Kier molecular flexibility index (Phi) is 4.30. The maximum absolute atomic E-state index is 11.2. The fourth-order valence-corrected chi connectivity index (χ4v) is 1.71. The molecule has 2 aromatic rings. The molecule has 0 unspecified atom stereocenters. The molecule has 104 valence electrons. The second-order valence-electron chi connectivity index (χ2n) is 4.65. The minimum atomic E-state index is -0.0745. The number of hydrogen-bond acceptors (Lipinski definition) is 4. The SMILES string of the molecule is CCC(=O)Nc1ccc(Nc2cc(C)ccc2C)nn1. The topological polar surface area (TPSA) is 66.9 Å². The van der Waals surface area contributed by atoms with E-state index in [2.05, 4.69) is 39.0 Å². The summed E-state index contributed by atoms with van der Waals surface area (Å²) in [5, 5.41) is 13.9. The molecule has 0 atom stereocenters. The summed E-state index contributed by atoms with van der Waals surface area (Å²) in [6.45, 7) is 5.86. The maximum Gasteiger partial charge on any atom is 0.225 e. The third kappa shape index (κ3) is 3.54. The molecule has 2 N–H and O–H groups in total. The molecule has 0 aliphatic rings. The molecule has 0 saturated heterocycles. The van der Waals surface area contributed by atoms with Crippen molar-refractivity contribution < 1.29 is 4.79 Å².